The van der Waals surface area contributed by atoms with Gasteiger partial charge >= 0.3 is 0 Å². The third kappa shape index (κ3) is 2.11. The third-order valence-corrected chi connectivity index (χ3v) is 4.43. The number of nitrogens with one attached hydrogen (secondary N) is 1. The van der Waals surface area contributed by atoms with Crippen molar-refractivity contribution in [3.63, 3.8) is 0 Å². The van der Waals surface area contributed by atoms with Crippen LogP contribution in [0.25, 0.3) is 0 Å². The summed E-state index contributed by atoms with van der Waals surface area (Å²) in [5.74, 6) is 0. The van der Waals surface area contributed by atoms with Crippen LogP contribution >= 0.6 is 11.3 Å². The fourth-order valence-electron chi connectivity index (χ4n) is 2.52. The first kappa shape index (κ1) is 11.2. The highest BCUT2D eigenvalue weighted by Crippen LogP contribution is 2.43. The van der Waals surface area contributed by atoms with Crippen molar-refractivity contribution in [2.45, 2.75) is 52.0 Å². The van der Waals surface area contributed by atoms with Crippen molar-refractivity contribution in [3.05, 3.63) is 21.4 Å². The van der Waals surface area contributed by atoms with Crippen molar-refractivity contribution < 1.29 is 0 Å². The van der Waals surface area contributed by atoms with Gasteiger partial charge in [-0.25, -0.2) is 0 Å². The number of thiophene rings is 1. The molecule has 0 fully saturated rings. The van der Waals surface area contributed by atoms with Crippen LogP contribution in [0.2, 0.25) is 0 Å². The van der Waals surface area contributed by atoms with Crippen LogP contribution in [0.5, 0.6) is 0 Å². The molecule has 0 spiro atoms. The van der Waals surface area contributed by atoms with Crippen LogP contribution in [-0.2, 0) is 18.4 Å². The SMILES string of the molecule is CCCNCc1csc2c1C(C)(C)CC2. The molecule has 0 saturated heterocycles. The van der Waals surface area contributed by atoms with Crippen molar-refractivity contribution in [2.75, 3.05) is 6.54 Å². The monoisotopic (exact) mass is 223 g/mol. The molecule has 1 nitrogen and oxygen atoms in total. The zero-order valence-electron chi connectivity index (χ0n) is 10.0. The first-order valence-electron chi connectivity index (χ1n) is 5.95. The fourth-order valence-corrected chi connectivity index (χ4v) is 3.75. The van der Waals surface area contributed by atoms with Crippen LogP contribution in [0.15, 0.2) is 5.38 Å². The highest BCUT2D eigenvalue weighted by Gasteiger charge is 2.33. The molecule has 0 amide bonds. The minimum atomic E-state index is 0.415. The number of hydrogen-bond acceptors (Lipinski definition) is 2. The molecule has 0 bridgehead atoms. The lowest BCUT2D eigenvalue weighted by molar-refractivity contribution is 0.515. The van der Waals surface area contributed by atoms with E-state index in [1.165, 1.54) is 19.3 Å². The molecule has 1 aliphatic carbocycles. The van der Waals surface area contributed by atoms with Gasteiger partial charge in [0.05, 0.1) is 0 Å². The molecule has 2 rings (SSSR count). The van der Waals surface area contributed by atoms with Crippen molar-refractivity contribution in [2.24, 2.45) is 0 Å². The third-order valence-electron chi connectivity index (χ3n) is 3.34. The Labute approximate surface area is 96.9 Å². The maximum atomic E-state index is 3.51. The van der Waals surface area contributed by atoms with Crippen molar-refractivity contribution in [1.29, 1.82) is 0 Å². The van der Waals surface area contributed by atoms with Crippen LogP contribution in [0.3, 0.4) is 0 Å². The summed E-state index contributed by atoms with van der Waals surface area (Å²) < 4.78 is 0. The highest BCUT2D eigenvalue weighted by molar-refractivity contribution is 7.10. The molecule has 0 unspecified atom stereocenters. The van der Waals surface area contributed by atoms with E-state index < -0.39 is 0 Å². The molecule has 1 aliphatic rings. The second kappa shape index (κ2) is 4.26. The lowest BCUT2D eigenvalue weighted by Gasteiger charge is -2.20. The molecular formula is C13H21NS. The molecule has 1 aromatic heterocycles. The molecule has 1 heterocycles. The van der Waals surface area contributed by atoms with Crippen molar-refractivity contribution >= 4 is 11.3 Å². The molecular weight excluding hydrogens is 202 g/mol. The van der Waals surface area contributed by atoms with Gasteiger partial charge in [-0.05, 0) is 47.7 Å². The van der Waals surface area contributed by atoms with E-state index in [9.17, 15) is 0 Å². The molecule has 0 saturated carbocycles. The van der Waals surface area contributed by atoms with Crippen LogP contribution in [0.1, 0.15) is 49.6 Å². The molecule has 1 aromatic rings. The summed E-state index contributed by atoms with van der Waals surface area (Å²) in [7, 11) is 0. The second-order valence-electron chi connectivity index (χ2n) is 5.12. The van der Waals surface area contributed by atoms with E-state index in [4.69, 9.17) is 0 Å². The summed E-state index contributed by atoms with van der Waals surface area (Å²) in [6, 6.07) is 0. The van der Waals surface area contributed by atoms with Gasteiger partial charge < -0.3 is 5.32 Å². The van der Waals surface area contributed by atoms with Crippen molar-refractivity contribution in [1.82, 2.24) is 5.32 Å². The molecule has 0 atom stereocenters. The fraction of sp³-hybridized carbons (Fsp3) is 0.692. The average molecular weight is 223 g/mol. The predicted molar refractivity (Wildman–Crippen MR) is 67.7 cm³/mol. The maximum absolute atomic E-state index is 3.51. The Bertz CT molecular complexity index is 338. The highest BCUT2D eigenvalue weighted by atomic mass is 32.1. The summed E-state index contributed by atoms with van der Waals surface area (Å²) in [5.41, 5.74) is 3.61. The van der Waals surface area contributed by atoms with Crippen LogP contribution in [0, 0.1) is 0 Å². The van der Waals surface area contributed by atoms with Crippen LogP contribution in [0.4, 0.5) is 0 Å². The lowest BCUT2D eigenvalue weighted by atomic mass is 9.85. The zero-order valence-corrected chi connectivity index (χ0v) is 10.8. The van der Waals surface area contributed by atoms with Gasteiger partial charge in [0, 0.05) is 11.4 Å². The summed E-state index contributed by atoms with van der Waals surface area (Å²) >= 11 is 1.96. The molecule has 0 radical (unpaired) electrons. The normalized spacial score (nSPS) is 18.1. The van der Waals surface area contributed by atoms with Crippen LogP contribution in [-0.4, -0.2) is 6.54 Å². The van der Waals surface area contributed by atoms with E-state index in [1.54, 1.807) is 16.0 Å². The van der Waals surface area contributed by atoms with E-state index in [-0.39, 0.29) is 0 Å². The minimum absolute atomic E-state index is 0.415. The summed E-state index contributed by atoms with van der Waals surface area (Å²) in [5, 5.41) is 5.87. The molecule has 1 N–H and O–H groups in total. The van der Waals surface area contributed by atoms with Gasteiger partial charge in [-0.3, -0.25) is 0 Å². The largest absolute Gasteiger partial charge is 0.313 e. The molecule has 15 heavy (non-hydrogen) atoms. The Morgan fingerprint density at radius 3 is 3.00 bits per heavy atom. The Morgan fingerprint density at radius 1 is 1.47 bits per heavy atom. The van der Waals surface area contributed by atoms with Crippen molar-refractivity contribution in [3.8, 4) is 0 Å². The lowest BCUT2D eigenvalue weighted by Crippen LogP contribution is -2.18. The Morgan fingerprint density at radius 2 is 2.27 bits per heavy atom. The van der Waals surface area contributed by atoms with E-state index in [1.807, 2.05) is 11.3 Å². The second-order valence-corrected chi connectivity index (χ2v) is 6.08. The van der Waals surface area contributed by atoms with Gasteiger partial charge in [-0.1, -0.05) is 20.8 Å². The summed E-state index contributed by atoms with van der Waals surface area (Å²) in [6.45, 7) is 9.17. The first-order valence-corrected chi connectivity index (χ1v) is 6.83. The van der Waals surface area contributed by atoms with E-state index in [0.29, 0.717) is 5.41 Å². The molecule has 84 valence electrons. The van der Waals surface area contributed by atoms with Gasteiger partial charge in [0.2, 0.25) is 0 Å². The quantitative estimate of drug-likeness (QED) is 0.771. The van der Waals surface area contributed by atoms with Gasteiger partial charge in [0.1, 0.15) is 0 Å². The number of hydrogen-bond donors (Lipinski definition) is 1. The smallest absolute Gasteiger partial charge is 0.0216 e. The number of fused-ring (bicyclic) bond motifs is 1. The Hall–Kier alpha value is -0.340. The predicted octanol–water partition coefficient (Wildman–Crippen LogP) is 3.47. The minimum Gasteiger partial charge on any atom is -0.313 e. The average Bonchev–Trinajstić information content (AvgIpc) is 2.70. The molecule has 0 aromatic carbocycles. The van der Waals surface area contributed by atoms with Gasteiger partial charge in [0.25, 0.3) is 0 Å². The van der Waals surface area contributed by atoms with E-state index in [0.717, 1.165) is 13.1 Å². The standard InChI is InChI=1S/C13H21NS/c1-4-7-14-8-10-9-15-11-5-6-13(2,3)12(10)11/h9,14H,4-8H2,1-3H3. The number of aryl methyl sites for hydroxylation is 1. The first-order chi connectivity index (χ1) is 7.15. The van der Waals surface area contributed by atoms with Gasteiger partial charge in [0.15, 0.2) is 0 Å². The van der Waals surface area contributed by atoms with Crippen LogP contribution < -0.4 is 5.32 Å². The maximum Gasteiger partial charge on any atom is 0.0216 e. The van der Waals surface area contributed by atoms with Gasteiger partial charge in [-0.2, -0.15) is 0 Å². The number of rotatable bonds is 4. The molecule has 2 heteroatoms. The van der Waals surface area contributed by atoms with Gasteiger partial charge in [-0.15, -0.1) is 11.3 Å². The topological polar surface area (TPSA) is 12.0 Å². The Kier molecular flexibility index (Phi) is 3.17. The summed E-state index contributed by atoms with van der Waals surface area (Å²) in [6.07, 6.45) is 3.84. The van der Waals surface area contributed by atoms with E-state index >= 15 is 0 Å². The Balaban J connectivity index is 2.13. The van der Waals surface area contributed by atoms with E-state index in [2.05, 4.69) is 31.5 Å². The summed E-state index contributed by atoms with van der Waals surface area (Å²) in [4.78, 5) is 1.63. The zero-order chi connectivity index (χ0) is 10.9. The molecule has 0 aliphatic heterocycles.